The summed E-state index contributed by atoms with van der Waals surface area (Å²) >= 11 is 2.03. The number of nitrogens with zero attached hydrogens (tertiary/aromatic N) is 2. The van der Waals surface area contributed by atoms with Crippen molar-refractivity contribution in [3.63, 3.8) is 0 Å². The van der Waals surface area contributed by atoms with Gasteiger partial charge in [0, 0.05) is 11.1 Å². The average Bonchev–Trinajstić information content (AvgIpc) is 3.09. The summed E-state index contributed by atoms with van der Waals surface area (Å²) in [5, 5.41) is 0. The van der Waals surface area contributed by atoms with Gasteiger partial charge in [-0.25, -0.2) is 9.78 Å². The van der Waals surface area contributed by atoms with E-state index in [-0.39, 0.29) is 5.97 Å². The van der Waals surface area contributed by atoms with Gasteiger partial charge < -0.3 is 9.30 Å². The van der Waals surface area contributed by atoms with Crippen LogP contribution in [0.3, 0.4) is 0 Å². The summed E-state index contributed by atoms with van der Waals surface area (Å²) in [6, 6.07) is 20.2. The number of aryl methyl sites for hydroxylation is 1. The average molecular weight is 480 g/mol. The summed E-state index contributed by atoms with van der Waals surface area (Å²) in [6.07, 6.45) is 0. The number of fused-ring (bicyclic) bond motifs is 2. The van der Waals surface area contributed by atoms with E-state index in [0.29, 0.717) is 10.2 Å². The van der Waals surface area contributed by atoms with Crippen molar-refractivity contribution in [2.24, 2.45) is 0 Å². The zero-order chi connectivity index (χ0) is 19.3. The fourth-order valence-corrected chi connectivity index (χ4v) is 4.35. The Hall–Kier alpha value is -2.67. The van der Waals surface area contributed by atoms with Crippen LogP contribution in [0.4, 0.5) is 0 Å². The van der Waals surface area contributed by atoms with Crippen molar-refractivity contribution in [1.29, 1.82) is 0 Å². The Kier molecular flexibility index (Phi) is 4.19. The molecule has 0 bridgehead atoms. The smallest absolute Gasteiger partial charge is 0.339 e. The van der Waals surface area contributed by atoms with Crippen LogP contribution in [-0.4, -0.2) is 20.1 Å². The standard InChI is InChI=1S/C23H17IN2O2/c1-14-6-4-9-15-16-10-5-11-20-21(16)26(12-19(14)15)22(25-20)17-7-2-3-8-18(17)23(27)28-13-24/h2-11H,12-13H2,1H3. The number of halogens is 1. The maximum absolute atomic E-state index is 12.5. The Labute approximate surface area is 176 Å². The number of imidazole rings is 1. The van der Waals surface area contributed by atoms with E-state index in [9.17, 15) is 4.79 Å². The quantitative estimate of drug-likeness (QED) is 0.192. The summed E-state index contributed by atoms with van der Waals surface area (Å²) in [5.74, 6) is 0.481. The predicted octanol–water partition coefficient (Wildman–Crippen LogP) is 5.59. The molecule has 5 rings (SSSR count). The molecule has 0 unspecified atom stereocenters. The minimum Gasteiger partial charge on any atom is -0.451 e. The largest absolute Gasteiger partial charge is 0.451 e. The number of ether oxygens (including phenoxy) is 1. The van der Waals surface area contributed by atoms with E-state index in [1.54, 1.807) is 6.07 Å². The van der Waals surface area contributed by atoms with Crippen LogP contribution in [-0.2, 0) is 11.3 Å². The number of rotatable bonds is 3. The lowest BCUT2D eigenvalue weighted by Gasteiger charge is -2.22. The van der Waals surface area contributed by atoms with Crippen molar-refractivity contribution in [3.05, 3.63) is 77.4 Å². The van der Waals surface area contributed by atoms with Crippen LogP contribution < -0.4 is 0 Å². The molecule has 0 saturated heterocycles. The van der Waals surface area contributed by atoms with Crippen molar-refractivity contribution < 1.29 is 9.53 Å². The van der Waals surface area contributed by atoms with Gasteiger partial charge >= 0.3 is 5.97 Å². The molecular formula is C23H17IN2O2. The van der Waals surface area contributed by atoms with Crippen LogP contribution in [0.15, 0.2) is 60.7 Å². The number of hydrogen-bond acceptors (Lipinski definition) is 3. The molecular weight excluding hydrogens is 463 g/mol. The first-order valence-corrected chi connectivity index (χ1v) is 10.6. The maximum atomic E-state index is 12.5. The molecule has 1 aliphatic heterocycles. The van der Waals surface area contributed by atoms with E-state index in [2.05, 4.69) is 35.8 Å². The van der Waals surface area contributed by atoms with Crippen LogP contribution >= 0.6 is 22.6 Å². The van der Waals surface area contributed by atoms with Crippen molar-refractivity contribution >= 4 is 39.6 Å². The van der Waals surface area contributed by atoms with Crippen molar-refractivity contribution in [1.82, 2.24) is 9.55 Å². The molecule has 0 atom stereocenters. The molecule has 0 amide bonds. The highest BCUT2D eigenvalue weighted by molar-refractivity contribution is 14.1. The van der Waals surface area contributed by atoms with Gasteiger partial charge in [0.2, 0.25) is 0 Å². The van der Waals surface area contributed by atoms with E-state index in [1.165, 1.54) is 22.3 Å². The van der Waals surface area contributed by atoms with Gasteiger partial charge in [-0.1, -0.05) is 48.5 Å². The minimum absolute atomic E-state index is 0.318. The molecule has 0 N–H and O–H groups in total. The highest BCUT2D eigenvalue weighted by Crippen LogP contribution is 2.40. The number of benzene rings is 3. The van der Waals surface area contributed by atoms with E-state index in [1.807, 2.05) is 52.9 Å². The first-order valence-electron chi connectivity index (χ1n) is 9.09. The molecule has 1 aliphatic rings. The second kappa shape index (κ2) is 6.74. The molecule has 5 heteroatoms. The number of esters is 1. The molecule has 0 aliphatic carbocycles. The second-order valence-electron chi connectivity index (χ2n) is 6.88. The van der Waals surface area contributed by atoms with Gasteiger partial charge in [0.25, 0.3) is 0 Å². The Morgan fingerprint density at radius 3 is 2.64 bits per heavy atom. The Morgan fingerprint density at radius 1 is 1.04 bits per heavy atom. The minimum atomic E-state index is -0.322. The lowest BCUT2D eigenvalue weighted by molar-refractivity contribution is 0.0591. The number of carbonyl (C=O) groups is 1. The van der Waals surface area contributed by atoms with Crippen LogP contribution in [0.25, 0.3) is 33.5 Å². The molecule has 4 nitrogen and oxygen atoms in total. The lowest BCUT2D eigenvalue weighted by Crippen LogP contribution is -2.12. The van der Waals surface area contributed by atoms with Crippen molar-refractivity contribution in [2.45, 2.75) is 13.5 Å². The molecule has 0 saturated carbocycles. The van der Waals surface area contributed by atoms with Gasteiger partial charge in [-0.3, -0.25) is 0 Å². The van der Waals surface area contributed by atoms with Crippen LogP contribution in [0, 0.1) is 6.92 Å². The highest BCUT2D eigenvalue weighted by atomic mass is 127. The molecule has 138 valence electrons. The van der Waals surface area contributed by atoms with Gasteiger partial charge in [0.1, 0.15) is 10.4 Å². The van der Waals surface area contributed by atoms with E-state index in [4.69, 9.17) is 9.72 Å². The third kappa shape index (κ3) is 2.57. The molecule has 0 fully saturated rings. The fraction of sp³-hybridized carbons (Fsp3) is 0.130. The number of para-hydroxylation sites is 1. The first-order chi connectivity index (χ1) is 13.7. The third-order valence-electron chi connectivity index (χ3n) is 5.36. The number of hydrogen-bond donors (Lipinski definition) is 0. The predicted molar refractivity (Wildman–Crippen MR) is 119 cm³/mol. The highest BCUT2D eigenvalue weighted by Gasteiger charge is 2.25. The fourth-order valence-electron chi connectivity index (χ4n) is 4.07. The van der Waals surface area contributed by atoms with Gasteiger partial charge in [0.05, 0.1) is 23.1 Å². The van der Waals surface area contributed by atoms with Gasteiger partial charge in [-0.15, -0.1) is 0 Å². The molecule has 2 heterocycles. The summed E-state index contributed by atoms with van der Waals surface area (Å²) in [5.41, 5.74) is 8.42. The SMILES string of the molecule is Cc1cccc2c1Cn1c(-c3ccccc3C(=O)OCI)nc3cccc-2c31. The summed E-state index contributed by atoms with van der Waals surface area (Å²) in [4.78, 5) is 17.4. The zero-order valence-corrected chi connectivity index (χ0v) is 17.4. The van der Waals surface area contributed by atoms with Gasteiger partial charge in [-0.05, 0) is 58.3 Å². The molecule has 4 aromatic rings. The van der Waals surface area contributed by atoms with Gasteiger partial charge in [-0.2, -0.15) is 0 Å². The number of aromatic nitrogens is 2. The molecule has 0 spiro atoms. The zero-order valence-electron chi connectivity index (χ0n) is 15.3. The Bertz CT molecular complexity index is 1240. The third-order valence-corrected chi connectivity index (χ3v) is 5.67. The maximum Gasteiger partial charge on any atom is 0.339 e. The topological polar surface area (TPSA) is 44.1 Å². The molecule has 0 radical (unpaired) electrons. The summed E-state index contributed by atoms with van der Waals surface area (Å²) in [6.45, 7) is 2.88. The number of carbonyl (C=O) groups excluding carboxylic acids is 1. The molecule has 1 aromatic heterocycles. The summed E-state index contributed by atoms with van der Waals surface area (Å²) in [7, 11) is 0. The van der Waals surface area contributed by atoms with E-state index in [0.717, 1.165) is 29.0 Å². The van der Waals surface area contributed by atoms with Crippen LogP contribution in [0.5, 0.6) is 0 Å². The second-order valence-corrected chi connectivity index (χ2v) is 7.51. The molecule has 28 heavy (non-hydrogen) atoms. The normalized spacial score (nSPS) is 12.1. The van der Waals surface area contributed by atoms with E-state index >= 15 is 0 Å². The monoisotopic (exact) mass is 480 g/mol. The Morgan fingerprint density at radius 2 is 1.79 bits per heavy atom. The number of alkyl halides is 1. The van der Waals surface area contributed by atoms with E-state index < -0.39 is 0 Å². The van der Waals surface area contributed by atoms with Crippen molar-refractivity contribution in [3.8, 4) is 22.5 Å². The summed E-state index contributed by atoms with van der Waals surface area (Å²) < 4.78 is 7.81. The van der Waals surface area contributed by atoms with Crippen LogP contribution in [0.1, 0.15) is 21.5 Å². The first kappa shape index (κ1) is 17.4. The molecule has 3 aromatic carbocycles. The van der Waals surface area contributed by atoms with Gasteiger partial charge in [0.15, 0.2) is 0 Å². The van der Waals surface area contributed by atoms with Crippen LogP contribution in [0.2, 0.25) is 0 Å². The lowest BCUT2D eigenvalue weighted by atomic mass is 9.92. The van der Waals surface area contributed by atoms with Crippen molar-refractivity contribution in [2.75, 3.05) is 4.61 Å². The Balaban J connectivity index is 1.80.